The quantitative estimate of drug-likeness (QED) is 0.488. The molecular weight excluding hydrogens is 289 g/mol. The van der Waals surface area contributed by atoms with Crippen LogP contribution in [0.15, 0.2) is 36.4 Å². The van der Waals surface area contributed by atoms with Gasteiger partial charge in [0.25, 0.3) is 0 Å². The minimum Gasteiger partial charge on any atom is -0.298 e. The van der Waals surface area contributed by atoms with E-state index < -0.39 is 5.82 Å². The second-order valence-corrected chi connectivity index (χ2v) is 4.90. The van der Waals surface area contributed by atoms with Gasteiger partial charge in [-0.3, -0.25) is 4.79 Å². The Kier molecular flexibility index (Phi) is 6.09. The highest BCUT2D eigenvalue weighted by molar-refractivity contribution is 5.78. The van der Waals surface area contributed by atoms with Crippen LogP contribution in [-0.4, -0.2) is 11.3 Å². The monoisotopic (exact) mass is 305 g/mol. The summed E-state index contributed by atoms with van der Waals surface area (Å²) in [6.07, 6.45) is 3.30. The zero-order valence-corrected chi connectivity index (χ0v) is 12.9. The van der Waals surface area contributed by atoms with Crippen molar-refractivity contribution in [2.45, 2.75) is 26.2 Å². The van der Waals surface area contributed by atoms with Crippen molar-refractivity contribution in [2.24, 2.45) is 0 Å². The molecular formula is C20H16FNO. The highest BCUT2D eigenvalue weighted by Crippen LogP contribution is 2.10. The lowest BCUT2D eigenvalue weighted by atomic mass is 10.1. The molecule has 2 nitrogen and oxygen atoms in total. The number of aromatic nitrogens is 1. The van der Waals surface area contributed by atoms with Crippen molar-refractivity contribution in [2.75, 3.05) is 0 Å². The van der Waals surface area contributed by atoms with Crippen molar-refractivity contribution in [3.63, 3.8) is 0 Å². The maximum absolute atomic E-state index is 14.0. The first kappa shape index (κ1) is 16.5. The van der Waals surface area contributed by atoms with Crippen LogP contribution < -0.4 is 0 Å². The molecule has 0 saturated carbocycles. The summed E-state index contributed by atoms with van der Waals surface area (Å²) in [5, 5.41) is 0. The summed E-state index contributed by atoms with van der Waals surface area (Å²) in [4.78, 5) is 15.2. The van der Waals surface area contributed by atoms with E-state index >= 15 is 0 Å². The van der Waals surface area contributed by atoms with Crippen molar-refractivity contribution in [3.8, 4) is 23.7 Å². The van der Waals surface area contributed by atoms with E-state index in [0.29, 0.717) is 6.29 Å². The molecule has 3 heteroatoms. The molecule has 0 aliphatic rings. The molecule has 23 heavy (non-hydrogen) atoms. The van der Waals surface area contributed by atoms with E-state index in [1.165, 1.54) is 0 Å². The average molecular weight is 305 g/mol. The van der Waals surface area contributed by atoms with Crippen LogP contribution in [0.2, 0.25) is 0 Å². The van der Waals surface area contributed by atoms with Crippen molar-refractivity contribution in [1.29, 1.82) is 0 Å². The van der Waals surface area contributed by atoms with Crippen molar-refractivity contribution in [3.05, 3.63) is 64.7 Å². The molecule has 0 spiro atoms. The Morgan fingerprint density at radius 2 is 1.91 bits per heavy atom. The minimum atomic E-state index is -0.616. The SMILES string of the molecule is CCCCC#Cc1nc(C#Cc2ccccc2)c(F)cc1C=O. The van der Waals surface area contributed by atoms with Crippen LogP contribution in [0.5, 0.6) is 0 Å². The molecule has 0 N–H and O–H groups in total. The number of halogens is 1. The number of rotatable bonds is 3. The van der Waals surface area contributed by atoms with Gasteiger partial charge in [-0.1, -0.05) is 43.4 Å². The first-order chi connectivity index (χ1) is 11.2. The molecule has 0 bridgehead atoms. The standard InChI is InChI=1S/C20H16FNO/c1-2-3-4-8-11-19-17(15-23)14-18(21)20(22-19)13-12-16-9-6-5-7-10-16/h5-7,9-10,14-15H,2-4H2,1H3. The van der Waals surface area contributed by atoms with Gasteiger partial charge in [0.15, 0.2) is 17.8 Å². The van der Waals surface area contributed by atoms with Crippen molar-refractivity contribution in [1.82, 2.24) is 4.98 Å². The third-order valence-corrected chi connectivity index (χ3v) is 3.09. The van der Waals surface area contributed by atoms with Gasteiger partial charge in [-0.25, -0.2) is 9.37 Å². The molecule has 114 valence electrons. The van der Waals surface area contributed by atoms with E-state index in [1.54, 1.807) is 0 Å². The van der Waals surface area contributed by atoms with Crippen LogP contribution in [0, 0.1) is 29.5 Å². The Hall–Kier alpha value is -2.91. The normalized spacial score (nSPS) is 9.30. The molecule has 2 aromatic rings. The maximum atomic E-state index is 14.0. The first-order valence-corrected chi connectivity index (χ1v) is 7.46. The Morgan fingerprint density at radius 3 is 2.61 bits per heavy atom. The second-order valence-electron chi connectivity index (χ2n) is 4.90. The number of unbranched alkanes of at least 4 members (excludes halogenated alkanes) is 2. The van der Waals surface area contributed by atoms with Gasteiger partial charge >= 0.3 is 0 Å². The van der Waals surface area contributed by atoms with Gasteiger partial charge < -0.3 is 0 Å². The van der Waals surface area contributed by atoms with E-state index in [1.807, 2.05) is 30.3 Å². The number of nitrogens with zero attached hydrogens (tertiary/aromatic N) is 1. The summed E-state index contributed by atoms with van der Waals surface area (Å²) in [6.45, 7) is 2.08. The van der Waals surface area contributed by atoms with Crippen LogP contribution >= 0.6 is 0 Å². The molecule has 0 fully saturated rings. The topological polar surface area (TPSA) is 30.0 Å². The average Bonchev–Trinajstić information content (AvgIpc) is 2.59. The Labute approximate surface area is 135 Å². The summed E-state index contributed by atoms with van der Waals surface area (Å²) >= 11 is 0. The predicted octanol–water partition coefficient (Wildman–Crippen LogP) is 3.97. The van der Waals surface area contributed by atoms with Gasteiger partial charge in [-0.2, -0.15) is 0 Å². The van der Waals surface area contributed by atoms with Crippen LogP contribution in [0.1, 0.15) is 53.5 Å². The first-order valence-electron chi connectivity index (χ1n) is 7.46. The molecule has 0 aliphatic heterocycles. The molecule has 1 aromatic heterocycles. The van der Waals surface area contributed by atoms with Gasteiger partial charge in [-0.15, -0.1) is 0 Å². The largest absolute Gasteiger partial charge is 0.298 e. The third-order valence-electron chi connectivity index (χ3n) is 3.09. The number of benzene rings is 1. The van der Waals surface area contributed by atoms with Gasteiger partial charge in [-0.05, 0) is 36.5 Å². The molecule has 0 aliphatic carbocycles. The van der Waals surface area contributed by atoms with Crippen molar-refractivity contribution >= 4 is 6.29 Å². The number of pyridine rings is 1. The minimum absolute atomic E-state index is 0.000699. The summed E-state index contributed by atoms with van der Waals surface area (Å²) in [6, 6.07) is 10.4. The number of carbonyl (C=O) groups is 1. The second kappa shape index (κ2) is 8.51. The lowest BCUT2D eigenvalue weighted by Crippen LogP contribution is -1.99. The van der Waals surface area contributed by atoms with E-state index in [2.05, 4.69) is 35.6 Å². The van der Waals surface area contributed by atoms with E-state index in [4.69, 9.17) is 0 Å². The molecule has 1 aromatic carbocycles. The van der Waals surface area contributed by atoms with Gasteiger partial charge in [0, 0.05) is 12.0 Å². The molecule has 0 unspecified atom stereocenters. The number of aldehydes is 1. The van der Waals surface area contributed by atoms with E-state index in [0.717, 1.165) is 30.9 Å². The number of carbonyl (C=O) groups excluding carboxylic acids is 1. The summed E-state index contributed by atoms with van der Waals surface area (Å²) < 4.78 is 14.0. The Bertz CT molecular complexity index is 805. The zero-order chi connectivity index (χ0) is 16.5. The summed E-state index contributed by atoms with van der Waals surface area (Å²) in [7, 11) is 0. The Balaban J connectivity index is 2.35. The lowest BCUT2D eigenvalue weighted by molar-refractivity contribution is 0.112. The van der Waals surface area contributed by atoms with E-state index in [-0.39, 0.29) is 17.0 Å². The predicted molar refractivity (Wildman–Crippen MR) is 88.4 cm³/mol. The van der Waals surface area contributed by atoms with Crippen LogP contribution in [0.4, 0.5) is 4.39 Å². The van der Waals surface area contributed by atoms with Crippen LogP contribution in [0.3, 0.4) is 0 Å². The fraction of sp³-hybridized carbons (Fsp3) is 0.200. The molecule has 0 amide bonds. The highest BCUT2D eigenvalue weighted by Gasteiger charge is 2.08. The Morgan fingerprint density at radius 1 is 1.13 bits per heavy atom. The summed E-state index contributed by atoms with van der Waals surface area (Å²) in [5.41, 5.74) is 1.19. The zero-order valence-electron chi connectivity index (χ0n) is 12.9. The molecule has 0 saturated heterocycles. The van der Waals surface area contributed by atoms with E-state index in [9.17, 15) is 9.18 Å². The smallest absolute Gasteiger partial charge is 0.158 e. The third kappa shape index (κ3) is 4.80. The lowest BCUT2D eigenvalue weighted by Gasteiger charge is -1.99. The van der Waals surface area contributed by atoms with Gasteiger partial charge in [0.05, 0.1) is 5.56 Å². The highest BCUT2D eigenvalue weighted by atomic mass is 19.1. The maximum Gasteiger partial charge on any atom is 0.158 e. The van der Waals surface area contributed by atoms with Gasteiger partial charge in [0.2, 0.25) is 0 Å². The molecule has 2 rings (SSSR count). The van der Waals surface area contributed by atoms with Gasteiger partial charge in [0.1, 0.15) is 5.69 Å². The summed E-state index contributed by atoms with van der Waals surface area (Å²) in [5.74, 6) is 10.7. The fourth-order valence-corrected chi connectivity index (χ4v) is 1.84. The fourth-order valence-electron chi connectivity index (χ4n) is 1.84. The number of hydrogen-bond donors (Lipinski definition) is 0. The number of hydrogen-bond acceptors (Lipinski definition) is 2. The molecule has 0 radical (unpaired) electrons. The molecule has 0 atom stereocenters. The van der Waals surface area contributed by atoms with Crippen LogP contribution in [-0.2, 0) is 0 Å². The van der Waals surface area contributed by atoms with Crippen molar-refractivity contribution < 1.29 is 9.18 Å². The molecule has 1 heterocycles. The van der Waals surface area contributed by atoms with Crippen LogP contribution in [0.25, 0.3) is 0 Å².